The molecular weight excluding hydrogens is 376 g/mol. The molecule has 1 aliphatic heterocycles. The average Bonchev–Trinajstić information content (AvgIpc) is 3.04. The maximum atomic E-state index is 12.5. The molecule has 7 heteroatoms. The third-order valence-corrected chi connectivity index (χ3v) is 4.40. The second kappa shape index (κ2) is 7.09. The maximum absolute atomic E-state index is 12.5. The van der Waals surface area contributed by atoms with Crippen molar-refractivity contribution in [3.63, 3.8) is 0 Å². The quantitative estimate of drug-likeness (QED) is 0.692. The molecular formula is C22H20O7. The Balaban J connectivity index is 1.62. The van der Waals surface area contributed by atoms with Crippen molar-refractivity contribution in [3.8, 4) is 28.6 Å². The number of benzene rings is 2. The van der Waals surface area contributed by atoms with Crippen LogP contribution in [0.3, 0.4) is 0 Å². The summed E-state index contributed by atoms with van der Waals surface area (Å²) in [5.41, 5.74) is 0.732. The van der Waals surface area contributed by atoms with Crippen molar-refractivity contribution < 1.29 is 28.5 Å². The van der Waals surface area contributed by atoms with Crippen LogP contribution in [-0.4, -0.2) is 24.6 Å². The lowest BCUT2D eigenvalue weighted by Crippen LogP contribution is -2.21. The van der Waals surface area contributed by atoms with Gasteiger partial charge in [0.15, 0.2) is 22.7 Å². The van der Waals surface area contributed by atoms with Gasteiger partial charge in [-0.05, 0) is 30.3 Å². The third kappa shape index (κ3) is 3.85. The number of fused-ring (bicyclic) bond motifs is 1. The second-order valence-electron chi connectivity index (χ2n) is 7.01. The van der Waals surface area contributed by atoms with E-state index >= 15 is 0 Å². The smallest absolute Gasteiger partial charge is 0.244 e. The first-order valence-electron chi connectivity index (χ1n) is 8.98. The van der Waals surface area contributed by atoms with Gasteiger partial charge in [-0.15, -0.1) is 0 Å². The van der Waals surface area contributed by atoms with Crippen molar-refractivity contribution in [2.45, 2.75) is 19.6 Å². The van der Waals surface area contributed by atoms with Crippen LogP contribution in [0.2, 0.25) is 0 Å². The number of phenolic OH excluding ortho intramolecular Hbond substituents is 1. The molecule has 0 atom stereocenters. The Labute approximate surface area is 166 Å². The summed E-state index contributed by atoms with van der Waals surface area (Å²) in [5, 5.41) is 10.4. The van der Waals surface area contributed by atoms with Crippen molar-refractivity contribution in [2.75, 3.05) is 13.7 Å². The monoisotopic (exact) mass is 396 g/mol. The Bertz CT molecular complexity index is 1160. The molecule has 29 heavy (non-hydrogen) atoms. The Morgan fingerprint density at radius 3 is 2.62 bits per heavy atom. The van der Waals surface area contributed by atoms with Crippen molar-refractivity contribution in [3.05, 3.63) is 64.7 Å². The first-order valence-corrected chi connectivity index (χ1v) is 8.98. The molecule has 7 nitrogen and oxygen atoms in total. The van der Waals surface area contributed by atoms with Gasteiger partial charge in [0.05, 0.1) is 12.5 Å². The van der Waals surface area contributed by atoms with E-state index in [1.54, 1.807) is 44.2 Å². The third-order valence-electron chi connectivity index (χ3n) is 4.40. The van der Waals surface area contributed by atoms with Gasteiger partial charge >= 0.3 is 0 Å². The summed E-state index contributed by atoms with van der Waals surface area (Å²) in [5.74, 6) is 1.01. The SMILES string of the molecule is COc1ccc(-c2cc(=O)c3ccc(OCC4=COC(C)(C)O4)cc3o2)cc1O. The predicted molar refractivity (Wildman–Crippen MR) is 106 cm³/mol. The van der Waals surface area contributed by atoms with E-state index < -0.39 is 5.79 Å². The fourth-order valence-corrected chi connectivity index (χ4v) is 3.00. The molecule has 0 spiro atoms. The minimum Gasteiger partial charge on any atom is -0.504 e. The summed E-state index contributed by atoms with van der Waals surface area (Å²) in [4.78, 5) is 12.5. The fourth-order valence-electron chi connectivity index (χ4n) is 3.00. The molecule has 1 aromatic heterocycles. The molecule has 0 radical (unpaired) electrons. The summed E-state index contributed by atoms with van der Waals surface area (Å²) in [6.45, 7) is 3.80. The highest BCUT2D eigenvalue weighted by Gasteiger charge is 2.27. The molecule has 4 rings (SSSR count). The van der Waals surface area contributed by atoms with Crippen LogP contribution in [0, 0.1) is 0 Å². The second-order valence-corrected chi connectivity index (χ2v) is 7.01. The van der Waals surface area contributed by atoms with E-state index in [1.807, 2.05) is 0 Å². The minimum atomic E-state index is -0.701. The fraction of sp³-hybridized carbons (Fsp3) is 0.227. The van der Waals surface area contributed by atoms with Crippen LogP contribution in [0.15, 0.2) is 63.7 Å². The number of ether oxygens (including phenoxy) is 4. The Morgan fingerprint density at radius 1 is 1.10 bits per heavy atom. The summed E-state index contributed by atoms with van der Waals surface area (Å²) in [6, 6.07) is 11.2. The van der Waals surface area contributed by atoms with E-state index in [4.69, 9.17) is 23.4 Å². The minimum absolute atomic E-state index is 0.0418. The van der Waals surface area contributed by atoms with E-state index in [2.05, 4.69) is 0 Å². The van der Waals surface area contributed by atoms with Gasteiger partial charge in [0.1, 0.15) is 30.0 Å². The first kappa shape index (κ1) is 18.7. The lowest BCUT2D eigenvalue weighted by Gasteiger charge is -2.18. The van der Waals surface area contributed by atoms with Gasteiger partial charge in [-0.3, -0.25) is 4.79 Å². The summed E-state index contributed by atoms with van der Waals surface area (Å²) in [6.07, 6.45) is 1.52. The summed E-state index contributed by atoms with van der Waals surface area (Å²) >= 11 is 0. The van der Waals surface area contributed by atoms with E-state index in [0.29, 0.717) is 39.6 Å². The summed E-state index contributed by atoms with van der Waals surface area (Å²) < 4.78 is 27.6. The number of rotatable bonds is 5. The molecule has 3 aromatic rings. The zero-order valence-electron chi connectivity index (χ0n) is 16.2. The van der Waals surface area contributed by atoms with Gasteiger partial charge in [0, 0.05) is 31.5 Å². The van der Waals surface area contributed by atoms with E-state index in [1.165, 1.54) is 25.5 Å². The molecule has 1 aliphatic rings. The Kier molecular flexibility index (Phi) is 4.58. The van der Waals surface area contributed by atoms with Crippen LogP contribution in [0.5, 0.6) is 17.2 Å². The Morgan fingerprint density at radius 2 is 1.93 bits per heavy atom. The van der Waals surface area contributed by atoms with Crippen LogP contribution < -0.4 is 14.9 Å². The zero-order chi connectivity index (χ0) is 20.6. The molecule has 0 aliphatic carbocycles. The predicted octanol–water partition coefficient (Wildman–Crippen LogP) is 4.18. The summed E-state index contributed by atoms with van der Waals surface area (Å²) in [7, 11) is 1.46. The number of phenols is 1. The zero-order valence-corrected chi connectivity index (χ0v) is 16.2. The topological polar surface area (TPSA) is 87.4 Å². The highest BCUT2D eigenvalue weighted by molar-refractivity contribution is 5.80. The molecule has 0 fully saturated rings. The maximum Gasteiger partial charge on any atom is 0.244 e. The molecule has 0 saturated carbocycles. The van der Waals surface area contributed by atoms with Crippen molar-refractivity contribution >= 4 is 11.0 Å². The lowest BCUT2D eigenvalue weighted by atomic mass is 10.1. The lowest BCUT2D eigenvalue weighted by molar-refractivity contribution is -0.119. The van der Waals surface area contributed by atoms with Crippen LogP contribution in [-0.2, 0) is 9.47 Å². The number of hydrogen-bond donors (Lipinski definition) is 1. The van der Waals surface area contributed by atoms with Crippen LogP contribution in [0.4, 0.5) is 0 Å². The number of methoxy groups -OCH3 is 1. The molecule has 150 valence electrons. The van der Waals surface area contributed by atoms with Crippen LogP contribution in [0.25, 0.3) is 22.3 Å². The first-order chi connectivity index (χ1) is 13.8. The molecule has 0 unspecified atom stereocenters. The molecule has 2 heterocycles. The highest BCUT2D eigenvalue weighted by Crippen LogP contribution is 2.32. The van der Waals surface area contributed by atoms with Gasteiger partial charge < -0.3 is 28.5 Å². The highest BCUT2D eigenvalue weighted by atomic mass is 16.7. The van der Waals surface area contributed by atoms with Crippen LogP contribution >= 0.6 is 0 Å². The molecule has 2 aromatic carbocycles. The van der Waals surface area contributed by atoms with Gasteiger partial charge in [0.2, 0.25) is 5.79 Å². The van der Waals surface area contributed by atoms with Gasteiger partial charge in [-0.25, -0.2) is 0 Å². The van der Waals surface area contributed by atoms with Crippen LogP contribution in [0.1, 0.15) is 13.8 Å². The van der Waals surface area contributed by atoms with E-state index in [-0.39, 0.29) is 17.8 Å². The Hall–Kier alpha value is -3.61. The molecule has 0 amide bonds. The molecule has 1 N–H and O–H groups in total. The van der Waals surface area contributed by atoms with Gasteiger partial charge in [0.25, 0.3) is 0 Å². The number of hydrogen-bond acceptors (Lipinski definition) is 7. The molecule has 0 bridgehead atoms. The van der Waals surface area contributed by atoms with Gasteiger partial charge in [-0.1, -0.05) is 0 Å². The van der Waals surface area contributed by atoms with Crippen molar-refractivity contribution in [2.24, 2.45) is 0 Å². The van der Waals surface area contributed by atoms with Gasteiger partial charge in [-0.2, -0.15) is 0 Å². The van der Waals surface area contributed by atoms with Crippen molar-refractivity contribution in [1.29, 1.82) is 0 Å². The number of aromatic hydroxyl groups is 1. The standard InChI is InChI=1S/C22H20O7/c1-22(2)27-12-15(29-22)11-26-14-5-6-16-17(23)10-20(28-21(16)9-14)13-4-7-19(25-3)18(24)8-13/h4-10,12,24H,11H2,1-3H3. The van der Waals surface area contributed by atoms with E-state index in [0.717, 1.165) is 0 Å². The molecule has 0 saturated heterocycles. The van der Waals surface area contributed by atoms with E-state index in [9.17, 15) is 9.90 Å². The average molecular weight is 396 g/mol. The van der Waals surface area contributed by atoms with Crippen molar-refractivity contribution in [1.82, 2.24) is 0 Å². The largest absolute Gasteiger partial charge is 0.504 e. The normalized spacial score (nSPS) is 14.8.